The van der Waals surface area contributed by atoms with Crippen LogP contribution >= 0.6 is 0 Å². The second-order valence-electron chi connectivity index (χ2n) is 21.5. The van der Waals surface area contributed by atoms with Crippen LogP contribution in [0.4, 0.5) is 0 Å². The second-order valence-corrected chi connectivity index (χ2v) is 21.5. The van der Waals surface area contributed by atoms with Crippen molar-refractivity contribution in [2.45, 2.75) is 373 Å². The summed E-state index contributed by atoms with van der Waals surface area (Å²) in [6, 6.07) is -0.534. The molecular weight excluding hydrogens is 807 g/mol. The van der Waals surface area contributed by atoms with E-state index in [0.29, 0.717) is 12.8 Å². The Morgan fingerprint density at radius 1 is 0.348 bits per heavy atom. The van der Waals surface area contributed by atoms with Gasteiger partial charge in [-0.25, -0.2) is 0 Å². The van der Waals surface area contributed by atoms with E-state index >= 15 is 0 Å². The largest absolute Gasteiger partial charge is 0.394 e. The molecular formula is C62H123NO3. The number of carbonyl (C=O) groups is 1. The van der Waals surface area contributed by atoms with Gasteiger partial charge in [0.25, 0.3) is 0 Å². The van der Waals surface area contributed by atoms with Crippen molar-refractivity contribution in [3.8, 4) is 0 Å². The van der Waals surface area contributed by atoms with Gasteiger partial charge in [-0.15, -0.1) is 0 Å². The SMILES string of the molecule is CCCCCCCCCCCCCC/C=C\CCCCCCCCCCCCCCCCCCC(=O)NC(CO)C(O)CCCCCCCCCCCCCCCCCCCCCCCC. The lowest BCUT2D eigenvalue weighted by Gasteiger charge is -2.22. The number of rotatable bonds is 58. The standard InChI is InChI=1S/C62H123NO3/c1-3-5-7-9-11-13-15-17-19-21-23-25-27-28-29-30-31-32-33-34-35-36-38-40-42-44-46-48-50-52-54-56-58-62(66)63-60(59-64)61(65)57-55-53-51-49-47-45-43-41-39-37-26-24-22-20-18-16-14-12-10-8-6-4-2/h28-29,60-61,64-65H,3-27,30-59H2,1-2H3,(H,63,66)/b29-28-. The third kappa shape index (κ3) is 54.1. The lowest BCUT2D eigenvalue weighted by Crippen LogP contribution is -2.45. The number of aliphatic hydroxyl groups excluding tert-OH is 2. The molecule has 2 unspecified atom stereocenters. The van der Waals surface area contributed by atoms with E-state index in [1.54, 1.807) is 0 Å². The third-order valence-electron chi connectivity index (χ3n) is 14.8. The number of nitrogens with one attached hydrogen (secondary N) is 1. The monoisotopic (exact) mass is 930 g/mol. The fraction of sp³-hybridized carbons (Fsp3) is 0.952. The Hall–Kier alpha value is -0.870. The van der Waals surface area contributed by atoms with E-state index in [2.05, 4.69) is 31.3 Å². The van der Waals surface area contributed by atoms with Gasteiger partial charge in [-0.2, -0.15) is 0 Å². The van der Waals surface area contributed by atoms with Crippen LogP contribution in [-0.4, -0.2) is 34.9 Å². The number of aliphatic hydroxyl groups is 2. The van der Waals surface area contributed by atoms with E-state index in [4.69, 9.17) is 0 Å². The molecule has 0 radical (unpaired) electrons. The molecule has 0 saturated carbocycles. The molecule has 0 aliphatic carbocycles. The average Bonchev–Trinajstić information content (AvgIpc) is 3.32. The van der Waals surface area contributed by atoms with Crippen LogP contribution in [0.25, 0.3) is 0 Å². The van der Waals surface area contributed by atoms with Crippen molar-refractivity contribution in [3.63, 3.8) is 0 Å². The van der Waals surface area contributed by atoms with E-state index in [0.717, 1.165) is 25.7 Å². The van der Waals surface area contributed by atoms with Crippen molar-refractivity contribution in [3.05, 3.63) is 12.2 Å². The minimum atomic E-state index is -0.657. The predicted octanol–water partition coefficient (Wildman–Crippen LogP) is 20.5. The zero-order chi connectivity index (χ0) is 47.7. The molecule has 3 N–H and O–H groups in total. The molecule has 2 atom stereocenters. The molecule has 0 rings (SSSR count). The number of amides is 1. The van der Waals surface area contributed by atoms with Crippen LogP contribution in [0.1, 0.15) is 361 Å². The van der Waals surface area contributed by atoms with Gasteiger partial charge in [0, 0.05) is 6.42 Å². The Bertz CT molecular complexity index is 921. The van der Waals surface area contributed by atoms with Crippen LogP contribution in [0.5, 0.6) is 0 Å². The van der Waals surface area contributed by atoms with Crippen LogP contribution in [-0.2, 0) is 4.79 Å². The van der Waals surface area contributed by atoms with Crippen molar-refractivity contribution < 1.29 is 15.0 Å². The predicted molar refractivity (Wildman–Crippen MR) is 295 cm³/mol. The first-order valence-electron chi connectivity index (χ1n) is 30.9. The number of unbranched alkanes of at least 4 members (excludes halogenated alkanes) is 49. The van der Waals surface area contributed by atoms with Gasteiger partial charge >= 0.3 is 0 Å². The summed E-state index contributed by atoms with van der Waals surface area (Å²) in [5.41, 5.74) is 0. The van der Waals surface area contributed by atoms with E-state index < -0.39 is 12.1 Å². The first-order chi connectivity index (χ1) is 32.7. The molecule has 0 spiro atoms. The number of carbonyl (C=O) groups excluding carboxylic acids is 1. The molecule has 0 saturated heterocycles. The average molecular weight is 931 g/mol. The fourth-order valence-corrected chi connectivity index (χ4v) is 10.1. The topological polar surface area (TPSA) is 69.6 Å². The van der Waals surface area contributed by atoms with Crippen molar-refractivity contribution in [2.24, 2.45) is 0 Å². The summed E-state index contributed by atoms with van der Waals surface area (Å²) in [5.74, 6) is -0.0230. The summed E-state index contributed by atoms with van der Waals surface area (Å²) in [7, 11) is 0. The normalized spacial score (nSPS) is 12.7. The molecule has 394 valence electrons. The van der Waals surface area contributed by atoms with Gasteiger partial charge in [-0.05, 0) is 38.5 Å². The molecule has 0 aromatic rings. The number of hydrogen-bond donors (Lipinski definition) is 3. The van der Waals surface area contributed by atoms with Crippen LogP contribution in [0.2, 0.25) is 0 Å². The molecule has 0 aromatic carbocycles. The molecule has 0 aliphatic heterocycles. The second kappa shape index (κ2) is 58.4. The summed E-state index contributed by atoms with van der Waals surface area (Å²) < 4.78 is 0. The van der Waals surface area contributed by atoms with Crippen molar-refractivity contribution in [2.75, 3.05) is 6.61 Å². The van der Waals surface area contributed by atoms with Gasteiger partial charge < -0.3 is 15.5 Å². The molecule has 66 heavy (non-hydrogen) atoms. The Labute approximate surface area is 416 Å². The molecule has 1 amide bonds. The maximum Gasteiger partial charge on any atom is 0.220 e. The van der Waals surface area contributed by atoms with Crippen LogP contribution < -0.4 is 5.32 Å². The highest BCUT2D eigenvalue weighted by molar-refractivity contribution is 5.76. The lowest BCUT2D eigenvalue weighted by atomic mass is 10.0. The summed E-state index contributed by atoms with van der Waals surface area (Å²) in [6.45, 7) is 4.41. The van der Waals surface area contributed by atoms with E-state index in [9.17, 15) is 15.0 Å². The maximum atomic E-state index is 12.5. The highest BCUT2D eigenvalue weighted by Gasteiger charge is 2.20. The fourth-order valence-electron chi connectivity index (χ4n) is 10.1. The number of hydrogen-bond acceptors (Lipinski definition) is 3. The Morgan fingerprint density at radius 2 is 0.576 bits per heavy atom. The van der Waals surface area contributed by atoms with Crippen molar-refractivity contribution in [1.82, 2.24) is 5.32 Å². The van der Waals surface area contributed by atoms with Crippen molar-refractivity contribution in [1.29, 1.82) is 0 Å². The smallest absolute Gasteiger partial charge is 0.220 e. The molecule has 0 aromatic heterocycles. The zero-order valence-electron chi connectivity index (χ0n) is 45.5. The summed E-state index contributed by atoms with van der Waals surface area (Å²) in [4.78, 5) is 12.5. The minimum Gasteiger partial charge on any atom is -0.394 e. The first-order valence-corrected chi connectivity index (χ1v) is 30.9. The Balaban J connectivity index is 3.39. The molecule has 4 heteroatoms. The van der Waals surface area contributed by atoms with Gasteiger partial charge in [0.15, 0.2) is 0 Å². The molecule has 0 bridgehead atoms. The quantitative estimate of drug-likeness (QED) is 0.0420. The lowest BCUT2D eigenvalue weighted by molar-refractivity contribution is -0.123. The Kier molecular flexibility index (Phi) is 57.7. The number of allylic oxidation sites excluding steroid dienone is 2. The van der Waals surface area contributed by atoms with Crippen LogP contribution in [0, 0.1) is 0 Å². The van der Waals surface area contributed by atoms with Crippen LogP contribution in [0.3, 0.4) is 0 Å². The maximum absolute atomic E-state index is 12.5. The molecule has 0 heterocycles. The van der Waals surface area contributed by atoms with Gasteiger partial charge in [-0.1, -0.05) is 328 Å². The highest BCUT2D eigenvalue weighted by Crippen LogP contribution is 2.19. The van der Waals surface area contributed by atoms with E-state index in [-0.39, 0.29) is 12.5 Å². The van der Waals surface area contributed by atoms with Crippen molar-refractivity contribution >= 4 is 5.91 Å². The van der Waals surface area contributed by atoms with Gasteiger partial charge in [0.1, 0.15) is 0 Å². The van der Waals surface area contributed by atoms with Gasteiger partial charge in [-0.3, -0.25) is 4.79 Å². The van der Waals surface area contributed by atoms with Crippen LogP contribution in [0.15, 0.2) is 12.2 Å². The van der Waals surface area contributed by atoms with Gasteiger partial charge in [0.2, 0.25) is 5.91 Å². The molecule has 4 nitrogen and oxygen atoms in total. The van der Waals surface area contributed by atoms with Gasteiger partial charge in [0.05, 0.1) is 18.8 Å². The zero-order valence-corrected chi connectivity index (χ0v) is 45.5. The first kappa shape index (κ1) is 65.1. The van der Waals surface area contributed by atoms with E-state index in [1.165, 1.54) is 308 Å². The summed E-state index contributed by atoms with van der Waals surface area (Å²) in [6.07, 6.45) is 76.6. The Morgan fingerprint density at radius 3 is 0.833 bits per heavy atom. The van der Waals surface area contributed by atoms with E-state index in [1.807, 2.05) is 0 Å². The minimum absolute atomic E-state index is 0.0230. The highest BCUT2D eigenvalue weighted by atomic mass is 16.3. The summed E-state index contributed by atoms with van der Waals surface area (Å²) in [5, 5.41) is 23.4. The summed E-state index contributed by atoms with van der Waals surface area (Å²) >= 11 is 0. The molecule has 0 aliphatic rings. The molecule has 0 fully saturated rings. The third-order valence-corrected chi connectivity index (χ3v) is 14.8.